The quantitative estimate of drug-likeness (QED) is 0.721. The van der Waals surface area contributed by atoms with Gasteiger partial charge in [0, 0.05) is 0 Å². The fourth-order valence-corrected chi connectivity index (χ4v) is 2.49. The number of benzene rings is 1. The molecule has 0 aliphatic heterocycles. The summed E-state index contributed by atoms with van der Waals surface area (Å²) in [6.07, 6.45) is -9.77. The van der Waals surface area contributed by atoms with E-state index < -0.39 is 50.7 Å². The molecule has 0 aliphatic rings. The Morgan fingerprint density at radius 3 is 1.88 bits per heavy atom. The zero-order valence-corrected chi connectivity index (χ0v) is 12.6. The minimum atomic E-state index is -5.00. The fraction of sp³-hybridized carbons (Fsp3) is 0.167. The number of alkyl halides is 6. The van der Waals surface area contributed by atoms with Crippen LogP contribution in [0.15, 0.2) is 12.1 Å². The second-order valence-corrected chi connectivity index (χ2v) is 5.23. The van der Waals surface area contributed by atoms with Crippen LogP contribution in [0.4, 0.5) is 32.2 Å². The van der Waals surface area contributed by atoms with Crippen molar-refractivity contribution >= 4 is 29.0 Å². The van der Waals surface area contributed by atoms with Crippen LogP contribution in [-0.4, -0.2) is 9.78 Å². The third kappa shape index (κ3) is 3.09. The fourth-order valence-electron chi connectivity index (χ4n) is 1.84. The van der Waals surface area contributed by atoms with E-state index in [0.717, 1.165) is 0 Å². The highest BCUT2D eigenvalue weighted by molar-refractivity contribution is 6.38. The van der Waals surface area contributed by atoms with Crippen LogP contribution in [0.3, 0.4) is 0 Å². The van der Waals surface area contributed by atoms with Gasteiger partial charge in [-0.3, -0.25) is 0 Å². The average molecular weight is 389 g/mol. The summed E-state index contributed by atoms with van der Waals surface area (Å²) >= 11 is 11.4. The van der Waals surface area contributed by atoms with Crippen molar-refractivity contribution in [3.8, 4) is 11.8 Å². The van der Waals surface area contributed by atoms with Crippen LogP contribution in [0, 0.1) is 11.3 Å². The van der Waals surface area contributed by atoms with Crippen molar-refractivity contribution in [3.05, 3.63) is 39.0 Å². The summed E-state index contributed by atoms with van der Waals surface area (Å²) in [5, 5.41) is 10.7. The Hall–Kier alpha value is -2.12. The van der Waals surface area contributed by atoms with E-state index in [9.17, 15) is 26.3 Å². The average Bonchev–Trinajstić information content (AvgIpc) is 2.74. The van der Waals surface area contributed by atoms with E-state index in [1.54, 1.807) is 0 Å². The van der Waals surface area contributed by atoms with Gasteiger partial charge in [0.25, 0.3) is 0 Å². The molecule has 2 N–H and O–H groups in total. The number of aromatic nitrogens is 2. The van der Waals surface area contributed by atoms with Crippen molar-refractivity contribution in [2.24, 2.45) is 0 Å². The lowest BCUT2D eigenvalue weighted by atomic mass is 10.2. The summed E-state index contributed by atoms with van der Waals surface area (Å²) in [5.41, 5.74) is 1.14. The van der Waals surface area contributed by atoms with E-state index in [-0.39, 0.29) is 0 Å². The van der Waals surface area contributed by atoms with E-state index in [0.29, 0.717) is 16.8 Å². The van der Waals surface area contributed by atoms with Crippen molar-refractivity contribution in [2.75, 3.05) is 5.73 Å². The lowest BCUT2D eigenvalue weighted by molar-refractivity contribution is -0.141. The molecule has 12 heteroatoms. The molecular formula is C12H4Cl2F6N4. The van der Waals surface area contributed by atoms with Crippen molar-refractivity contribution < 1.29 is 26.3 Å². The first-order valence-electron chi connectivity index (χ1n) is 5.80. The van der Waals surface area contributed by atoms with Crippen LogP contribution < -0.4 is 5.73 Å². The highest BCUT2D eigenvalue weighted by atomic mass is 35.5. The molecule has 0 fully saturated rings. The molecule has 0 spiro atoms. The second kappa shape index (κ2) is 5.75. The minimum Gasteiger partial charge on any atom is -0.382 e. The van der Waals surface area contributed by atoms with Crippen LogP contribution in [0.2, 0.25) is 10.0 Å². The van der Waals surface area contributed by atoms with Crippen molar-refractivity contribution in [2.45, 2.75) is 12.4 Å². The number of halogens is 8. The van der Waals surface area contributed by atoms with Gasteiger partial charge >= 0.3 is 12.4 Å². The first-order chi connectivity index (χ1) is 10.9. The Balaban J connectivity index is 2.75. The van der Waals surface area contributed by atoms with Crippen LogP contribution in [0.5, 0.6) is 0 Å². The molecule has 2 aromatic rings. The van der Waals surface area contributed by atoms with Gasteiger partial charge in [0.1, 0.15) is 23.1 Å². The van der Waals surface area contributed by atoms with Gasteiger partial charge in [-0.05, 0) is 12.1 Å². The lowest BCUT2D eigenvalue weighted by Gasteiger charge is -2.13. The molecule has 0 unspecified atom stereocenters. The first-order valence-corrected chi connectivity index (χ1v) is 6.56. The number of nitrogens with two attached hydrogens (primary N) is 1. The third-order valence-electron chi connectivity index (χ3n) is 2.86. The molecule has 128 valence electrons. The summed E-state index contributed by atoms with van der Waals surface area (Å²) in [7, 11) is 0. The Morgan fingerprint density at radius 2 is 1.54 bits per heavy atom. The zero-order valence-electron chi connectivity index (χ0n) is 11.1. The van der Waals surface area contributed by atoms with Gasteiger partial charge in [-0.2, -0.15) is 36.7 Å². The van der Waals surface area contributed by atoms with E-state index >= 15 is 0 Å². The number of nitriles is 1. The molecule has 0 amide bonds. The Kier molecular flexibility index (Phi) is 4.37. The molecule has 0 saturated carbocycles. The number of hydrogen-bond donors (Lipinski definition) is 1. The number of nitrogens with zero attached hydrogens (tertiary/aromatic N) is 3. The molecule has 0 atom stereocenters. The van der Waals surface area contributed by atoms with Gasteiger partial charge < -0.3 is 5.73 Å². The monoisotopic (exact) mass is 388 g/mol. The van der Waals surface area contributed by atoms with E-state index in [4.69, 9.17) is 34.2 Å². The molecule has 0 bridgehead atoms. The van der Waals surface area contributed by atoms with Gasteiger partial charge in [-0.1, -0.05) is 23.2 Å². The van der Waals surface area contributed by atoms with E-state index in [2.05, 4.69) is 5.10 Å². The maximum absolute atomic E-state index is 12.9. The van der Waals surface area contributed by atoms with Crippen LogP contribution in [-0.2, 0) is 12.4 Å². The van der Waals surface area contributed by atoms with Gasteiger partial charge in [0.05, 0.1) is 15.6 Å². The molecule has 0 radical (unpaired) electrons. The summed E-state index contributed by atoms with van der Waals surface area (Å²) in [4.78, 5) is 0. The van der Waals surface area contributed by atoms with Crippen molar-refractivity contribution in [1.82, 2.24) is 9.78 Å². The smallest absolute Gasteiger partial charge is 0.382 e. The largest absolute Gasteiger partial charge is 0.436 e. The maximum Gasteiger partial charge on any atom is 0.436 e. The standard InChI is InChI=1S/C12H4Cl2F6N4/c13-6-1-4(11(15,16)17)2-7(14)8(6)24-10(22)5(3-21)9(23-24)12(18,19)20/h1-2H,22H2. The number of rotatable bonds is 1. The number of hydrogen-bond acceptors (Lipinski definition) is 3. The lowest BCUT2D eigenvalue weighted by Crippen LogP contribution is -2.10. The highest BCUT2D eigenvalue weighted by Crippen LogP contribution is 2.40. The van der Waals surface area contributed by atoms with Gasteiger partial charge in [-0.25, -0.2) is 4.68 Å². The molecular weight excluding hydrogens is 385 g/mol. The number of nitrogen functional groups attached to an aromatic ring is 1. The maximum atomic E-state index is 12.9. The minimum absolute atomic E-state index is 0.381. The third-order valence-corrected chi connectivity index (χ3v) is 3.43. The molecule has 0 saturated heterocycles. The van der Waals surface area contributed by atoms with Crippen LogP contribution in [0.25, 0.3) is 5.69 Å². The van der Waals surface area contributed by atoms with Crippen LogP contribution >= 0.6 is 23.2 Å². The molecule has 0 aliphatic carbocycles. The van der Waals surface area contributed by atoms with Crippen LogP contribution in [0.1, 0.15) is 16.8 Å². The Bertz CT molecular complexity index is 824. The molecule has 1 heterocycles. The number of anilines is 1. The first kappa shape index (κ1) is 18.2. The topological polar surface area (TPSA) is 67.6 Å². The van der Waals surface area contributed by atoms with E-state index in [1.807, 2.05) is 0 Å². The summed E-state index contributed by atoms with van der Waals surface area (Å²) < 4.78 is 77.0. The van der Waals surface area contributed by atoms with E-state index in [1.165, 1.54) is 6.07 Å². The molecule has 24 heavy (non-hydrogen) atoms. The normalized spacial score (nSPS) is 12.3. The Morgan fingerprint density at radius 1 is 1.04 bits per heavy atom. The summed E-state index contributed by atoms with van der Waals surface area (Å²) in [5.74, 6) is -0.756. The van der Waals surface area contributed by atoms with Gasteiger partial charge in [-0.15, -0.1) is 0 Å². The second-order valence-electron chi connectivity index (χ2n) is 4.42. The van der Waals surface area contributed by atoms with Gasteiger partial charge in [0.15, 0.2) is 5.69 Å². The van der Waals surface area contributed by atoms with Gasteiger partial charge in [0.2, 0.25) is 0 Å². The molecule has 1 aromatic heterocycles. The molecule has 1 aromatic carbocycles. The van der Waals surface area contributed by atoms with Crippen molar-refractivity contribution in [1.29, 1.82) is 5.26 Å². The highest BCUT2D eigenvalue weighted by Gasteiger charge is 2.40. The molecule has 2 rings (SSSR count). The predicted octanol–water partition coefficient (Wildman–Crippen LogP) is 4.67. The molecule has 4 nitrogen and oxygen atoms in total. The summed E-state index contributed by atoms with van der Waals surface area (Å²) in [6.45, 7) is 0. The SMILES string of the molecule is N#Cc1c(C(F)(F)F)nn(-c2c(Cl)cc(C(F)(F)F)cc2Cl)c1N. The zero-order chi connectivity index (χ0) is 18.4. The predicted molar refractivity (Wildman–Crippen MR) is 72.7 cm³/mol. The van der Waals surface area contributed by atoms with Crippen molar-refractivity contribution in [3.63, 3.8) is 0 Å². The summed E-state index contributed by atoms with van der Waals surface area (Å²) in [6, 6.07) is 2.16. The Labute approximate surface area is 140 Å².